The highest BCUT2D eigenvalue weighted by molar-refractivity contribution is 6.04. The highest BCUT2D eigenvalue weighted by atomic mass is 16.4. The van der Waals surface area contributed by atoms with Gasteiger partial charge in [0.15, 0.2) is 5.41 Å². The van der Waals surface area contributed by atoms with Crippen LogP contribution in [-0.4, -0.2) is 55.4 Å². The minimum atomic E-state index is -2.99. The SMILES string of the molecule is O=C(O)CC1C(C(=O)O)CC(C(=O)O)C1(C(=O)O)C(=O)O. The molecule has 0 heterocycles. The zero-order chi connectivity index (χ0) is 16.5. The molecule has 0 spiro atoms. The molecule has 0 aliphatic heterocycles. The molecule has 0 aromatic heterocycles. The van der Waals surface area contributed by atoms with Crippen molar-refractivity contribution in [3.05, 3.63) is 0 Å². The number of hydrogen-bond acceptors (Lipinski definition) is 5. The van der Waals surface area contributed by atoms with Crippen LogP contribution in [0.3, 0.4) is 0 Å². The topological polar surface area (TPSA) is 186 Å². The Morgan fingerprint density at radius 1 is 0.857 bits per heavy atom. The van der Waals surface area contributed by atoms with Crippen molar-refractivity contribution in [3.8, 4) is 0 Å². The van der Waals surface area contributed by atoms with Crippen molar-refractivity contribution in [1.82, 2.24) is 0 Å². The van der Waals surface area contributed by atoms with E-state index < -0.39 is 65.9 Å². The molecule has 0 saturated heterocycles. The summed E-state index contributed by atoms with van der Waals surface area (Å²) in [6.45, 7) is 0. The van der Waals surface area contributed by atoms with Gasteiger partial charge in [-0.25, -0.2) is 0 Å². The van der Waals surface area contributed by atoms with E-state index in [1.165, 1.54) is 0 Å². The van der Waals surface area contributed by atoms with Crippen LogP contribution in [0.25, 0.3) is 0 Å². The fourth-order valence-electron chi connectivity index (χ4n) is 2.95. The van der Waals surface area contributed by atoms with E-state index in [0.717, 1.165) is 0 Å². The Balaban J connectivity index is 3.56. The third kappa shape index (κ3) is 2.39. The molecule has 1 rings (SSSR count). The van der Waals surface area contributed by atoms with Crippen LogP contribution in [0.4, 0.5) is 0 Å². The van der Waals surface area contributed by atoms with Gasteiger partial charge in [-0.3, -0.25) is 24.0 Å². The predicted octanol–water partition coefficient (Wildman–Crippen LogP) is -0.962. The van der Waals surface area contributed by atoms with E-state index in [9.17, 15) is 34.2 Å². The van der Waals surface area contributed by atoms with Crippen molar-refractivity contribution >= 4 is 29.8 Å². The van der Waals surface area contributed by atoms with Crippen LogP contribution in [0.1, 0.15) is 12.8 Å². The van der Waals surface area contributed by atoms with Gasteiger partial charge >= 0.3 is 29.8 Å². The third-order valence-corrected chi connectivity index (χ3v) is 3.83. The smallest absolute Gasteiger partial charge is 0.322 e. The van der Waals surface area contributed by atoms with Gasteiger partial charge in [0.25, 0.3) is 0 Å². The molecule has 0 aromatic carbocycles. The second-order valence-corrected chi connectivity index (χ2v) is 4.75. The minimum Gasteiger partial charge on any atom is -0.481 e. The van der Waals surface area contributed by atoms with Crippen LogP contribution >= 0.6 is 0 Å². The summed E-state index contributed by atoms with van der Waals surface area (Å²) < 4.78 is 0. The van der Waals surface area contributed by atoms with Crippen LogP contribution in [0.15, 0.2) is 0 Å². The Bertz CT molecular complexity index is 507. The van der Waals surface area contributed by atoms with Gasteiger partial charge in [-0.05, 0) is 6.42 Å². The summed E-state index contributed by atoms with van der Waals surface area (Å²) in [5, 5.41) is 45.2. The molecule has 0 radical (unpaired) electrons. The van der Waals surface area contributed by atoms with Gasteiger partial charge in [0.05, 0.1) is 18.3 Å². The molecule has 3 unspecified atom stereocenters. The molecule has 21 heavy (non-hydrogen) atoms. The molecule has 0 aromatic rings. The molecule has 3 atom stereocenters. The van der Waals surface area contributed by atoms with E-state index in [2.05, 4.69) is 0 Å². The van der Waals surface area contributed by atoms with Crippen LogP contribution in [0, 0.1) is 23.2 Å². The lowest BCUT2D eigenvalue weighted by Gasteiger charge is -2.30. The monoisotopic (exact) mass is 304 g/mol. The largest absolute Gasteiger partial charge is 0.481 e. The molecule has 1 aliphatic rings. The molecule has 1 fully saturated rings. The zero-order valence-corrected chi connectivity index (χ0v) is 10.4. The fourth-order valence-corrected chi connectivity index (χ4v) is 2.95. The first-order valence-corrected chi connectivity index (χ1v) is 5.70. The van der Waals surface area contributed by atoms with Crippen LogP contribution in [0.5, 0.6) is 0 Å². The summed E-state index contributed by atoms with van der Waals surface area (Å²) in [5.41, 5.74) is -2.99. The zero-order valence-electron chi connectivity index (χ0n) is 10.4. The molecule has 1 aliphatic carbocycles. The normalized spacial score (nSPS) is 27.0. The van der Waals surface area contributed by atoms with E-state index in [1.807, 2.05) is 0 Å². The van der Waals surface area contributed by atoms with E-state index in [1.54, 1.807) is 0 Å². The highest BCUT2D eigenvalue weighted by Crippen LogP contribution is 2.53. The fraction of sp³-hybridized carbons (Fsp3) is 0.545. The molecule has 0 bridgehead atoms. The van der Waals surface area contributed by atoms with Gasteiger partial charge < -0.3 is 25.5 Å². The van der Waals surface area contributed by atoms with Gasteiger partial charge in [-0.2, -0.15) is 0 Å². The Hall–Kier alpha value is -2.65. The van der Waals surface area contributed by atoms with E-state index in [0.29, 0.717) is 0 Å². The lowest BCUT2D eigenvalue weighted by molar-refractivity contribution is -0.178. The maximum Gasteiger partial charge on any atom is 0.322 e. The van der Waals surface area contributed by atoms with Gasteiger partial charge in [0.2, 0.25) is 0 Å². The Morgan fingerprint density at radius 3 is 1.62 bits per heavy atom. The first-order valence-electron chi connectivity index (χ1n) is 5.70. The average molecular weight is 304 g/mol. The molecule has 0 amide bonds. The van der Waals surface area contributed by atoms with Crippen LogP contribution < -0.4 is 0 Å². The maximum atomic E-state index is 11.4. The molecular formula is C11H12O10. The highest BCUT2D eigenvalue weighted by Gasteiger charge is 2.69. The average Bonchev–Trinajstić information content (AvgIpc) is 2.64. The van der Waals surface area contributed by atoms with E-state index >= 15 is 0 Å². The van der Waals surface area contributed by atoms with Crippen molar-refractivity contribution in [3.63, 3.8) is 0 Å². The van der Waals surface area contributed by atoms with Crippen LogP contribution in [0.2, 0.25) is 0 Å². The summed E-state index contributed by atoms with van der Waals surface area (Å²) in [7, 11) is 0. The van der Waals surface area contributed by atoms with Gasteiger partial charge in [0.1, 0.15) is 0 Å². The number of carboxylic acids is 5. The summed E-state index contributed by atoms with van der Waals surface area (Å²) in [6, 6.07) is 0. The number of aliphatic carboxylic acids is 5. The quantitative estimate of drug-likeness (QED) is 0.382. The van der Waals surface area contributed by atoms with E-state index in [4.69, 9.17) is 15.3 Å². The summed E-state index contributed by atoms with van der Waals surface area (Å²) >= 11 is 0. The molecule has 5 N–H and O–H groups in total. The summed E-state index contributed by atoms with van der Waals surface area (Å²) in [6.07, 6.45) is -1.83. The Morgan fingerprint density at radius 2 is 1.33 bits per heavy atom. The first kappa shape index (κ1) is 16.4. The molecular weight excluding hydrogens is 292 g/mol. The standard InChI is InChI=1S/C11H12O10/c12-6(13)2-4-3(7(14)15)1-5(8(16)17)11(4,9(18)19)10(20)21/h3-5H,1-2H2,(H,12,13)(H,14,15)(H,16,17)(H,18,19)(H,20,21). The van der Waals surface area contributed by atoms with E-state index in [-0.39, 0.29) is 0 Å². The molecule has 1 saturated carbocycles. The Labute approximate surface area is 116 Å². The van der Waals surface area contributed by atoms with Crippen molar-refractivity contribution in [2.75, 3.05) is 0 Å². The summed E-state index contributed by atoms with van der Waals surface area (Å²) in [5.74, 6) is -14.7. The first-order chi connectivity index (χ1) is 9.56. The van der Waals surface area contributed by atoms with Gasteiger partial charge in [0, 0.05) is 5.92 Å². The summed E-state index contributed by atoms with van der Waals surface area (Å²) in [4.78, 5) is 55.9. The number of carboxylic acid groups (broad SMARTS) is 5. The Kier molecular flexibility index (Phi) is 4.21. The number of hydrogen-bond donors (Lipinski definition) is 5. The van der Waals surface area contributed by atoms with Crippen molar-refractivity contribution in [2.24, 2.45) is 23.2 Å². The van der Waals surface area contributed by atoms with Gasteiger partial charge in [-0.1, -0.05) is 0 Å². The second kappa shape index (κ2) is 5.38. The van der Waals surface area contributed by atoms with Crippen molar-refractivity contribution in [2.45, 2.75) is 12.8 Å². The van der Waals surface area contributed by atoms with Crippen molar-refractivity contribution < 1.29 is 49.5 Å². The maximum absolute atomic E-state index is 11.4. The number of carbonyl (C=O) groups is 5. The third-order valence-electron chi connectivity index (χ3n) is 3.83. The molecule has 116 valence electrons. The molecule has 10 nitrogen and oxygen atoms in total. The number of rotatable bonds is 6. The lowest BCUT2D eigenvalue weighted by Crippen LogP contribution is -2.51. The van der Waals surface area contributed by atoms with Gasteiger partial charge in [-0.15, -0.1) is 0 Å². The minimum absolute atomic E-state index is 0.763. The predicted molar refractivity (Wildman–Crippen MR) is 60.3 cm³/mol. The van der Waals surface area contributed by atoms with Crippen molar-refractivity contribution in [1.29, 1.82) is 0 Å². The molecule has 10 heteroatoms. The van der Waals surface area contributed by atoms with Crippen LogP contribution in [-0.2, 0) is 24.0 Å². The second-order valence-electron chi connectivity index (χ2n) is 4.75. The lowest BCUT2D eigenvalue weighted by atomic mass is 9.69.